The van der Waals surface area contributed by atoms with E-state index < -0.39 is 24.3 Å². The number of nitrogens with zero attached hydrogens (tertiary/aromatic N) is 4. The van der Waals surface area contributed by atoms with Crippen LogP contribution in [-0.2, 0) is 9.59 Å². The first kappa shape index (κ1) is 32.5. The van der Waals surface area contributed by atoms with Gasteiger partial charge < -0.3 is 24.7 Å². The fraction of sp³-hybridized carbons (Fsp3) is 0.391. The zero-order chi connectivity index (χ0) is 30.3. The molecule has 1 aliphatic heterocycles. The predicted molar refractivity (Wildman–Crippen MR) is 131 cm³/mol. The van der Waals surface area contributed by atoms with Gasteiger partial charge in [0.2, 0.25) is 0 Å². The molecule has 2 N–H and O–H groups in total. The van der Waals surface area contributed by atoms with Gasteiger partial charge in [-0.3, -0.25) is 0 Å². The minimum absolute atomic E-state index is 0.282. The molecule has 9 nitrogen and oxygen atoms in total. The Labute approximate surface area is 226 Å². The van der Waals surface area contributed by atoms with E-state index in [0.717, 1.165) is 59.9 Å². The molecule has 1 aromatic carbocycles. The molecule has 0 bridgehead atoms. The lowest BCUT2D eigenvalue weighted by Gasteiger charge is -2.35. The minimum Gasteiger partial charge on any atom is -0.496 e. The van der Waals surface area contributed by atoms with E-state index in [2.05, 4.69) is 26.7 Å². The quantitative estimate of drug-likeness (QED) is 0.403. The zero-order valence-electron chi connectivity index (χ0n) is 20.9. The number of piperazine rings is 1. The molecule has 220 valence electrons. The van der Waals surface area contributed by atoms with Crippen LogP contribution in [0.2, 0.25) is 0 Å². The van der Waals surface area contributed by atoms with Crippen LogP contribution in [-0.4, -0.2) is 89.2 Å². The molecule has 2 aromatic heterocycles. The summed E-state index contributed by atoms with van der Waals surface area (Å²) in [5.41, 5.74) is 1.66. The van der Waals surface area contributed by atoms with E-state index >= 15 is 0 Å². The van der Waals surface area contributed by atoms with Crippen molar-refractivity contribution in [2.75, 3.05) is 44.7 Å². The number of hydrogen-bond acceptors (Lipinski definition) is 8. The number of aromatic nitrogens is 2. The molecular formula is C23H23F7N4O5S. The Bertz CT molecular complexity index is 1280. The number of hydrogen-bond donors (Lipinski definition) is 2. The monoisotopic (exact) mass is 600 g/mol. The Hall–Kier alpha value is -3.73. The molecule has 0 saturated carbocycles. The standard InChI is InChI=1S/C19H21FN4OS.2C2HF3O2/c1-3-23-6-8-24(9-7-23)18-17-15(11-26-19(17)22-12-21-18)14-10-13(20)4-5-16(14)25-2;2*3-2(4,5)1(6)7/h4-5,10-12H,3,6-9H2,1-2H3;2*(H,6,7). The topological polar surface area (TPSA) is 116 Å². The molecule has 17 heteroatoms. The van der Waals surface area contributed by atoms with Crippen LogP contribution in [0.5, 0.6) is 5.75 Å². The minimum atomic E-state index is -5.08. The van der Waals surface area contributed by atoms with Crippen molar-refractivity contribution in [1.29, 1.82) is 0 Å². The second-order valence-electron chi connectivity index (χ2n) is 7.90. The highest BCUT2D eigenvalue weighted by Gasteiger charge is 2.38. The number of likely N-dealkylation sites (N-methyl/N-ethyl adjacent to an activating group) is 1. The van der Waals surface area contributed by atoms with Crippen LogP contribution in [0, 0.1) is 5.82 Å². The van der Waals surface area contributed by atoms with Gasteiger partial charge in [-0.05, 0) is 24.7 Å². The van der Waals surface area contributed by atoms with Crippen molar-refractivity contribution in [2.24, 2.45) is 0 Å². The molecule has 1 saturated heterocycles. The summed E-state index contributed by atoms with van der Waals surface area (Å²) in [4.78, 5) is 32.5. The third kappa shape index (κ3) is 8.64. The Morgan fingerprint density at radius 1 is 0.975 bits per heavy atom. The molecule has 4 rings (SSSR count). The second kappa shape index (κ2) is 13.6. The first-order valence-electron chi connectivity index (χ1n) is 11.2. The molecule has 0 unspecified atom stereocenters. The maximum atomic E-state index is 13.9. The SMILES string of the molecule is CCN1CCN(c2ncnc3scc(-c4cc(F)ccc4OC)c23)CC1.O=C(O)C(F)(F)F.O=C(O)C(F)(F)F. The van der Waals surface area contributed by atoms with Crippen molar-refractivity contribution in [2.45, 2.75) is 19.3 Å². The summed E-state index contributed by atoms with van der Waals surface area (Å²) in [7, 11) is 1.60. The van der Waals surface area contributed by atoms with E-state index in [-0.39, 0.29) is 5.82 Å². The average Bonchev–Trinajstić information content (AvgIpc) is 3.32. The smallest absolute Gasteiger partial charge is 0.490 e. The third-order valence-corrected chi connectivity index (χ3v) is 6.29. The molecule has 1 aliphatic rings. The number of methoxy groups -OCH3 is 1. The van der Waals surface area contributed by atoms with Crippen molar-refractivity contribution >= 4 is 39.3 Å². The Morgan fingerprint density at radius 2 is 1.52 bits per heavy atom. The van der Waals surface area contributed by atoms with E-state index in [9.17, 15) is 30.7 Å². The van der Waals surface area contributed by atoms with Gasteiger partial charge in [0.25, 0.3) is 0 Å². The Kier molecular flexibility index (Phi) is 11.0. The highest BCUT2D eigenvalue weighted by atomic mass is 32.1. The summed E-state index contributed by atoms with van der Waals surface area (Å²) in [5, 5.41) is 17.2. The number of benzene rings is 1. The summed E-state index contributed by atoms with van der Waals surface area (Å²) in [6.07, 6.45) is -8.55. The second-order valence-corrected chi connectivity index (χ2v) is 8.76. The number of carboxylic acids is 2. The number of anilines is 1. The lowest BCUT2D eigenvalue weighted by molar-refractivity contribution is -0.193. The number of ether oxygens (including phenoxy) is 1. The molecule has 3 aromatic rings. The fourth-order valence-electron chi connectivity index (χ4n) is 3.46. The van der Waals surface area contributed by atoms with Crippen LogP contribution in [0.4, 0.5) is 36.6 Å². The molecule has 0 aliphatic carbocycles. The molecule has 0 atom stereocenters. The van der Waals surface area contributed by atoms with E-state index in [4.69, 9.17) is 24.5 Å². The number of fused-ring (bicyclic) bond motifs is 1. The van der Waals surface area contributed by atoms with Gasteiger partial charge in [-0.1, -0.05) is 6.92 Å². The van der Waals surface area contributed by atoms with Crippen molar-refractivity contribution in [3.8, 4) is 16.9 Å². The largest absolute Gasteiger partial charge is 0.496 e. The van der Waals surface area contributed by atoms with Gasteiger partial charge in [-0.15, -0.1) is 11.3 Å². The molecular weight excluding hydrogens is 577 g/mol. The van der Waals surface area contributed by atoms with Gasteiger partial charge in [0, 0.05) is 42.7 Å². The van der Waals surface area contributed by atoms with Crippen molar-refractivity contribution in [3.05, 3.63) is 35.7 Å². The maximum Gasteiger partial charge on any atom is 0.490 e. The first-order chi connectivity index (χ1) is 18.6. The van der Waals surface area contributed by atoms with Gasteiger partial charge in [-0.25, -0.2) is 23.9 Å². The van der Waals surface area contributed by atoms with E-state index in [1.807, 2.05) is 5.38 Å². The Morgan fingerprint density at radius 3 is 2.00 bits per heavy atom. The molecule has 1 fully saturated rings. The van der Waals surface area contributed by atoms with Crippen LogP contribution in [0.3, 0.4) is 0 Å². The van der Waals surface area contributed by atoms with Crippen molar-refractivity contribution < 1.29 is 55.3 Å². The summed E-state index contributed by atoms with van der Waals surface area (Å²) in [5.74, 6) is -4.22. The number of alkyl halides is 6. The summed E-state index contributed by atoms with van der Waals surface area (Å²) < 4.78 is 82.8. The van der Waals surface area contributed by atoms with Crippen LogP contribution >= 0.6 is 11.3 Å². The van der Waals surface area contributed by atoms with Crippen molar-refractivity contribution in [3.63, 3.8) is 0 Å². The van der Waals surface area contributed by atoms with Crippen LogP contribution in [0.1, 0.15) is 6.92 Å². The maximum absolute atomic E-state index is 13.9. The van der Waals surface area contributed by atoms with E-state index in [1.165, 1.54) is 12.1 Å². The normalized spacial score (nSPS) is 14.1. The van der Waals surface area contributed by atoms with Gasteiger partial charge in [-0.2, -0.15) is 26.3 Å². The number of carbonyl (C=O) groups is 2. The highest BCUT2D eigenvalue weighted by molar-refractivity contribution is 7.17. The van der Waals surface area contributed by atoms with Crippen LogP contribution < -0.4 is 9.64 Å². The number of thiophene rings is 1. The summed E-state index contributed by atoms with van der Waals surface area (Å²) in [6, 6.07) is 4.60. The first-order valence-corrected chi connectivity index (χ1v) is 12.1. The van der Waals surface area contributed by atoms with Crippen molar-refractivity contribution in [1.82, 2.24) is 14.9 Å². The van der Waals surface area contributed by atoms with E-state index in [0.29, 0.717) is 5.75 Å². The summed E-state index contributed by atoms with van der Waals surface area (Å²) >= 11 is 1.55. The van der Waals surface area contributed by atoms with Gasteiger partial charge in [0.05, 0.1) is 12.5 Å². The van der Waals surface area contributed by atoms with E-state index in [1.54, 1.807) is 30.8 Å². The lowest BCUT2D eigenvalue weighted by Crippen LogP contribution is -2.46. The third-order valence-electron chi connectivity index (χ3n) is 5.41. The predicted octanol–water partition coefficient (Wildman–Crippen LogP) is 4.91. The number of rotatable bonds is 4. The van der Waals surface area contributed by atoms with Gasteiger partial charge >= 0.3 is 24.3 Å². The zero-order valence-corrected chi connectivity index (χ0v) is 21.7. The van der Waals surface area contributed by atoms with Crippen LogP contribution in [0.15, 0.2) is 29.9 Å². The van der Waals surface area contributed by atoms with Gasteiger partial charge in [0.1, 0.15) is 28.5 Å². The molecule has 3 heterocycles. The molecule has 0 spiro atoms. The number of carboxylic acid groups (broad SMARTS) is 2. The fourth-order valence-corrected chi connectivity index (χ4v) is 4.37. The molecule has 0 amide bonds. The molecule has 40 heavy (non-hydrogen) atoms. The van der Waals surface area contributed by atoms with Gasteiger partial charge in [0.15, 0.2) is 0 Å². The highest BCUT2D eigenvalue weighted by Crippen LogP contribution is 2.41. The number of halogens is 7. The number of aliphatic carboxylic acids is 2. The molecule has 0 radical (unpaired) electrons. The lowest BCUT2D eigenvalue weighted by atomic mass is 10.0. The Balaban J connectivity index is 0.000000333. The average molecular weight is 601 g/mol. The summed E-state index contributed by atoms with van der Waals surface area (Å²) in [6.45, 7) is 7.14. The van der Waals surface area contributed by atoms with Crippen LogP contribution in [0.25, 0.3) is 21.3 Å².